The third kappa shape index (κ3) is 4.33. The average molecular weight is 329 g/mol. The first kappa shape index (κ1) is 17.8. The van der Waals surface area contributed by atoms with Crippen LogP contribution in [0.4, 0.5) is 5.69 Å². The van der Waals surface area contributed by atoms with Crippen molar-refractivity contribution in [1.29, 1.82) is 0 Å². The van der Waals surface area contributed by atoms with E-state index in [2.05, 4.69) is 23.4 Å². The Bertz CT molecular complexity index is 632. The van der Waals surface area contributed by atoms with Crippen LogP contribution in [0.2, 0.25) is 0 Å². The van der Waals surface area contributed by atoms with Gasteiger partial charge in [0.1, 0.15) is 5.75 Å². The van der Waals surface area contributed by atoms with Crippen LogP contribution in [0.15, 0.2) is 29.3 Å². The van der Waals surface area contributed by atoms with Crippen LogP contribution in [-0.2, 0) is 6.54 Å². The van der Waals surface area contributed by atoms with Gasteiger partial charge in [0.05, 0.1) is 18.9 Å². The van der Waals surface area contributed by atoms with Gasteiger partial charge < -0.3 is 14.4 Å². The average Bonchev–Trinajstić information content (AvgIpc) is 2.70. The Morgan fingerprint density at radius 2 is 1.90 bits per heavy atom. The highest BCUT2D eigenvalue weighted by molar-refractivity contribution is 7.09. The minimum atomic E-state index is 0. The van der Waals surface area contributed by atoms with E-state index >= 15 is 0 Å². The van der Waals surface area contributed by atoms with Gasteiger partial charge in [0, 0.05) is 17.1 Å². The molecule has 0 aliphatic heterocycles. The first-order valence-electron chi connectivity index (χ1n) is 6.71. The van der Waals surface area contributed by atoms with Crippen LogP contribution in [-0.4, -0.2) is 22.9 Å². The van der Waals surface area contributed by atoms with Crippen LogP contribution in [0.25, 0.3) is 0 Å². The monoisotopic (exact) mass is 328 g/mol. The maximum absolute atomic E-state index is 9.16. The summed E-state index contributed by atoms with van der Waals surface area (Å²) in [6.45, 7) is 7.45. The summed E-state index contributed by atoms with van der Waals surface area (Å²) in [6.07, 6.45) is 0. The fraction of sp³-hybridized carbons (Fsp3) is 0.400. The van der Waals surface area contributed by atoms with E-state index in [4.69, 9.17) is 9.84 Å². The minimum absolute atomic E-state index is 0. The summed E-state index contributed by atoms with van der Waals surface area (Å²) in [7, 11) is 0. The minimum Gasteiger partial charge on any atom is -0.494 e. The predicted molar refractivity (Wildman–Crippen MR) is 89.0 cm³/mol. The Balaban J connectivity index is 0.00000220. The number of benzene rings is 1. The fourth-order valence-corrected chi connectivity index (χ4v) is 2.96. The molecule has 1 aromatic carbocycles. The zero-order valence-corrected chi connectivity index (χ0v) is 14.1. The van der Waals surface area contributed by atoms with Gasteiger partial charge in [0.15, 0.2) is 4.80 Å². The first-order valence-corrected chi connectivity index (χ1v) is 7.52. The standard InChI is InChI=1S/C15H20N2O2S.ClH/c1-4-19-14-7-5-13(6-8-14)16-15-17(9-10-18)11(2)12(3)20-15;/h5-8,18H,4,9-10H2,1-3H3;1H. The molecule has 0 bridgehead atoms. The number of aryl methyl sites for hydroxylation is 1. The smallest absolute Gasteiger partial charge is 0.190 e. The Kier molecular flexibility index (Phi) is 6.95. The van der Waals surface area contributed by atoms with Gasteiger partial charge in [-0.3, -0.25) is 0 Å². The molecular formula is C15H21ClN2O2S. The number of aliphatic hydroxyl groups excluding tert-OH is 1. The van der Waals surface area contributed by atoms with E-state index in [9.17, 15) is 0 Å². The normalized spacial score (nSPS) is 11.3. The molecule has 0 aliphatic rings. The third-order valence-corrected chi connectivity index (χ3v) is 4.18. The van der Waals surface area contributed by atoms with E-state index in [1.807, 2.05) is 31.2 Å². The van der Waals surface area contributed by atoms with Gasteiger partial charge in [-0.15, -0.1) is 23.7 Å². The summed E-state index contributed by atoms with van der Waals surface area (Å²) >= 11 is 1.64. The second-order valence-electron chi connectivity index (χ2n) is 4.44. The maximum atomic E-state index is 9.16. The van der Waals surface area contributed by atoms with E-state index < -0.39 is 0 Å². The number of thiazole rings is 1. The fourth-order valence-electron chi connectivity index (χ4n) is 1.94. The zero-order valence-electron chi connectivity index (χ0n) is 12.5. The molecule has 0 saturated carbocycles. The van der Waals surface area contributed by atoms with Gasteiger partial charge in [-0.25, -0.2) is 4.99 Å². The Labute approximate surface area is 135 Å². The number of hydrogen-bond donors (Lipinski definition) is 1. The SMILES string of the molecule is CCOc1ccc(N=c2sc(C)c(C)n2CCO)cc1.Cl. The van der Waals surface area contributed by atoms with E-state index in [0.717, 1.165) is 21.9 Å². The summed E-state index contributed by atoms with van der Waals surface area (Å²) < 4.78 is 7.47. The molecule has 1 heterocycles. The molecule has 2 rings (SSSR count). The molecule has 0 spiro atoms. The molecule has 1 N–H and O–H groups in total. The van der Waals surface area contributed by atoms with Crippen molar-refractivity contribution in [2.75, 3.05) is 13.2 Å². The summed E-state index contributed by atoms with van der Waals surface area (Å²) in [6, 6.07) is 7.73. The number of hydrogen-bond acceptors (Lipinski definition) is 4. The van der Waals surface area contributed by atoms with E-state index in [0.29, 0.717) is 13.2 Å². The van der Waals surface area contributed by atoms with Crippen molar-refractivity contribution in [1.82, 2.24) is 4.57 Å². The third-order valence-electron chi connectivity index (χ3n) is 3.09. The molecule has 2 aromatic rings. The van der Waals surface area contributed by atoms with Crippen LogP contribution in [0.1, 0.15) is 17.5 Å². The molecule has 0 atom stereocenters. The maximum Gasteiger partial charge on any atom is 0.190 e. The van der Waals surface area contributed by atoms with Crippen molar-refractivity contribution in [3.05, 3.63) is 39.6 Å². The quantitative estimate of drug-likeness (QED) is 0.916. The van der Waals surface area contributed by atoms with Crippen LogP contribution in [0, 0.1) is 13.8 Å². The number of ether oxygens (including phenoxy) is 1. The van der Waals surface area contributed by atoms with E-state index in [1.165, 1.54) is 4.88 Å². The van der Waals surface area contributed by atoms with E-state index in [1.54, 1.807) is 11.3 Å². The lowest BCUT2D eigenvalue weighted by atomic mass is 10.3. The zero-order chi connectivity index (χ0) is 14.5. The highest BCUT2D eigenvalue weighted by atomic mass is 35.5. The Morgan fingerprint density at radius 1 is 1.24 bits per heavy atom. The second kappa shape index (κ2) is 8.22. The van der Waals surface area contributed by atoms with Gasteiger partial charge in [-0.2, -0.15) is 0 Å². The number of nitrogens with zero attached hydrogens (tertiary/aromatic N) is 2. The van der Waals surface area contributed by atoms with Crippen molar-refractivity contribution in [3.8, 4) is 5.75 Å². The lowest BCUT2D eigenvalue weighted by Gasteiger charge is -2.04. The van der Waals surface area contributed by atoms with Gasteiger partial charge in [0.25, 0.3) is 0 Å². The molecule has 0 aliphatic carbocycles. The van der Waals surface area contributed by atoms with Crippen LogP contribution >= 0.6 is 23.7 Å². The lowest BCUT2D eigenvalue weighted by Crippen LogP contribution is -2.18. The molecule has 21 heavy (non-hydrogen) atoms. The first-order chi connectivity index (χ1) is 9.65. The molecule has 0 fully saturated rings. The van der Waals surface area contributed by atoms with Gasteiger partial charge in [-0.05, 0) is 45.0 Å². The van der Waals surface area contributed by atoms with Crippen molar-refractivity contribution < 1.29 is 9.84 Å². The number of aromatic nitrogens is 1. The summed E-state index contributed by atoms with van der Waals surface area (Å²) in [5.41, 5.74) is 2.05. The Hall–Kier alpha value is -1.30. The van der Waals surface area contributed by atoms with E-state index in [-0.39, 0.29) is 19.0 Å². The van der Waals surface area contributed by atoms with Crippen LogP contribution in [0.3, 0.4) is 0 Å². The Morgan fingerprint density at radius 3 is 2.48 bits per heavy atom. The molecule has 0 unspecified atom stereocenters. The second-order valence-corrected chi connectivity index (χ2v) is 5.62. The number of aliphatic hydroxyl groups is 1. The molecular weight excluding hydrogens is 308 g/mol. The van der Waals surface area contributed by atoms with Gasteiger partial charge in [0.2, 0.25) is 0 Å². The largest absolute Gasteiger partial charge is 0.494 e. The number of halogens is 1. The summed E-state index contributed by atoms with van der Waals surface area (Å²) in [5.74, 6) is 0.855. The van der Waals surface area contributed by atoms with Crippen molar-refractivity contribution in [2.24, 2.45) is 4.99 Å². The van der Waals surface area contributed by atoms with Crippen LogP contribution in [0.5, 0.6) is 5.75 Å². The molecule has 0 saturated heterocycles. The highest BCUT2D eigenvalue weighted by Gasteiger charge is 2.05. The van der Waals surface area contributed by atoms with Crippen molar-refractivity contribution in [2.45, 2.75) is 27.3 Å². The lowest BCUT2D eigenvalue weighted by molar-refractivity contribution is 0.273. The predicted octanol–water partition coefficient (Wildman–Crippen LogP) is 3.21. The molecule has 6 heteroatoms. The summed E-state index contributed by atoms with van der Waals surface area (Å²) in [4.78, 5) is 6.80. The van der Waals surface area contributed by atoms with Gasteiger partial charge >= 0.3 is 0 Å². The summed E-state index contributed by atoms with van der Waals surface area (Å²) in [5, 5.41) is 9.16. The van der Waals surface area contributed by atoms with Crippen LogP contribution < -0.4 is 9.54 Å². The highest BCUT2D eigenvalue weighted by Crippen LogP contribution is 2.18. The molecule has 0 radical (unpaired) electrons. The molecule has 0 amide bonds. The topological polar surface area (TPSA) is 46.8 Å². The van der Waals surface area contributed by atoms with Crippen molar-refractivity contribution >= 4 is 29.4 Å². The molecule has 116 valence electrons. The molecule has 4 nitrogen and oxygen atoms in total. The number of rotatable bonds is 5. The molecule has 1 aromatic heterocycles. The van der Waals surface area contributed by atoms with Gasteiger partial charge in [-0.1, -0.05) is 0 Å². The van der Waals surface area contributed by atoms with Crippen molar-refractivity contribution in [3.63, 3.8) is 0 Å².